The zero-order valence-electron chi connectivity index (χ0n) is 16.1. The van der Waals surface area contributed by atoms with Crippen molar-refractivity contribution in [3.63, 3.8) is 0 Å². The molecule has 152 valence electrons. The predicted molar refractivity (Wildman–Crippen MR) is 118 cm³/mol. The van der Waals surface area contributed by atoms with Crippen molar-refractivity contribution in [3.05, 3.63) is 58.2 Å². The van der Waals surface area contributed by atoms with Gasteiger partial charge in [-0.1, -0.05) is 17.7 Å². The maximum absolute atomic E-state index is 11.8. The quantitative estimate of drug-likeness (QED) is 0.468. The normalized spacial score (nSPS) is 15.1. The van der Waals surface area contributed by atoms with E-state index in [1.807, 2.05) is 18.2 Å². The molecule has 30 heavy (non-hydrogen) atoms. The Kier molecular flexibility index (Phi) is 4.72. The standard InChI is InChI=1S/C21H20ClN7O/c22-16-9-25-20(30)8-14(16)12-1-2-17-15(7-12)21(28-27-17)18-10-24-11-19(26-18)29-5-3-13(23)4-6-29/h1-2,7-11,13H,3-6,23H2,(H,25,30)(H,27,28). The van der Waals surface area contributed by atoms with Gasteiger partial charge in [0.1, 0.15) is 17.2 Å². The summed E-state index contributed by atoms with van der Waals surface area (Å²) in [5, 5.41) is 8.88. The van der Waals surface area contributed by atoms with Crippen LogP contribution in [0, 0.1) is 0 Å². The molecule has 0 saturated carbocycles. The largest absolute Gasteiger partial charge is 0.355 e. The number of nitrogens with zero attached hydrogens (tertiary/aromatic N) is 4. The van der Waals surface area contributed by atoms with Crippen molar-refractivity contribution in [1.29, 1.82) is 0 Å². The first kappa shape index (κ1) is 18.8. The van der Waals surface area contributed by atoms with Crippen molar-refractivity contribution in [1.82, 2.24) is 25.1 Å². The lowest BCUT2D eigenvalue weighted by Gasteiger charge is -2.30. The molecule has 1 aliphatic heterocycles. The van der Waals surface area contributed by atoms with Crippen LogP contribution in [0.1, 0.15) is 12.8 Å². The van der Waals surface area contributed by atoms with Crippen LogP contribution in [0.4, 0.5) is 5.82 Å². The Hall–Kier alpha value is -3.23. The summed E-state index contributed by atoms with van der Waals surface area (Å²) in [7, 11) is 0. The molecular weight excluding hydrogens is 402 g/mol. The molecule has 4 heterocycles. The highest BCUT2D eigenvalue weighted by atomic mass is 35.5. The third-order valence-corrected chi connectivity index (χ3v) is 5.79. The molecule has 0 unspecified atom stereocenters. The van der Waals surface area contributed by atoms with Crippen LogP contribution < -0.4 is 16.2 Å². The van der Waals surface area contributed by atoms with Gasteiger partial charge < -0.3 is 15.6 Å². The SMILES string of the molecule is NC1CCN(c2cncc(-c3n[nH]c4ccc(-c5cc(=O)[nH]cc5Cl)cc34)n2)CC1. The maximum atomic E-state index is 11.8. The second kappa shape index (κ2) is 7.55. The van der Waals surface area contributed by atoms with Gasteiger partial charge in [0.15, 0.2) is 0 Å². The molecule has 0 aliphatic carbocycles. The van der Waals surface area contributed by atoms with E-state index < -0.39 is 0 Å². The molecule has 1 aliphatic rings. The summed E-state index contributed by atoms with van der Waals surface area (Å²) < 4.78 is 0. The van der Waals surface area contributed by atoms with Crippen molar-refractivity contribution in [3.8, 4) is 22.5 Å². The first-order valence-electron chi connectivity index (χ1n) is 9.78. The molecule has 4 N–H and O–H groups in total. The van der Waals surface area contributed by atoms with E-state index in [1.54, 1.807) is 12.4 Å². The van der Waals surface area contributed by atoms with Crippen LogP contribution in [0.25, 0.3) is 33.4 Å². The number of pyridine rings is 1. The fourth-order valence-electron chi connectivity index (χ4n) is 3.80. The summed E-state index contributed by atoms with van der Waals surface area (Å²) in [5.41, 5.74) is 9.56. The molecule has 5 rings (SSSR count). The van der Waals surface area contributed by atoms with Crippen LogP contribution >= 0.6 is 11.6 Å². The Morgan fingerprint density at radius 1 is 1.17 bits per heavy atom. The van der Waals surface area contributed by atoms with Crippen molar-refractivity contribution >= 4 is 28.3 Å². The van der Waals surface area contributed by atoms with Crippen LogP contribution in [-0.4, -0.2) is 44.3 Å². The van der Waals surface area contributed by atoms with E-state index >= 15 is 0 Å². The molecule has 0 atom stereocenters. The van der Waals surface area contributed by atoms with Gasteiger partial charge in [-0.05, 0) is 30.5 Å². The number of nitrogens with two attached hydrogens (primary N) is 1. The average Bonchev–Trinajstić information content (AvgIpc) is 3.19. The first-order chi connectivity index (χ1) is 14.6. The van der Waals surface area contributed by atoms with Gasteiger partial charge in [0.2, 0.25) is 5.56 Å². The Bertz CT molecular complexity index is 1270. The maximum Gasteiger partial charge on any atom is 0.248 e. The second-order valence-electron chi connectivity index (χ2n) is 7.48. The van der Waals surface area contributed by atoms with Gasteiger partial charge in [0.05, 0.1) is 22.9 Å². The Morgan fingerprint density at radius 3 is 2.83 bits per heavy atom. The van der Waals surface area contributed by atoms with E-state index in [2.05, 4.69) is 25.1 Å². The highest BCUT2D eigenvalue weighted by Crippen LogP contribution is 2.32. The number of aromatic amines is 2. The van der Waals surface area contributed by atoms with Crippen molar-refractivity contribution < 1.29 is 0 Å². The lowest BCUT2D eigenvalue weighted by atomic mass is 10.0. The molecule has 1 aromatic carbocycles. The molecule has 1 saturated heterocycles. The lowest BCUT2D eigenvalue weighted by Crippen LogP contribution is -2.40. The summed E-state index contributed by atoms with van der Waals surface area (Å²) in [4.78, 5) is 25.7. The zero-order valence-corrected chi connectivity index (χ0v) is 16.9. The van der Waals surface area contributed by atoms with Crippen molar-refractivity contribution in [2.24, 2.45) is 5.73 Å². The number of benzene rings is 1. The van der Waals surface area contributed by atoms with E-state index in [1.165, 1.54) is 12.3 Å². The molecule has 0 amide bonds. The molecule has 0 spiro atoms. The van der Waals surface area contributed by atoms with Gasteiger partial charge in [0, 0.05) is 42.3 Å². The van der Waals surface area contributed by atoms with Gasteiger partial charge in [0.25, 0.3) is 0 Å². The summed E-state index contributed by atoms with van der Waals surface area (Å²) in [6.45, 7) is 1.73. The number of anilines is 1. The minimum Gasteiger partial charge on any atom is -0.355 e. The minimum absolute atomic E-state index is 0.207. The van der Waals surface area contributed by atoms with E-state index in [0.29, 0.717) is 22.0 Å². The summed E-state index contributed by atoms with van der Waals surface area (Å²) in [6, 6.07) is 7.53. The molecule has 4 aromatic rings. The first-order valence-corrected chi connectivity index (χ1v) is 10.2. The second-order valence-corrected chi connectivity index (χ2v) is 7.89. The summed E-state index contributed by atoms with van der Waals surface area (Å²) in [5.74, 6) is 0.823. The number of fused-ring (bicyclic) bond motifs is 1. The monoisotopic (exact) mass is 421 g/mol. The van der Waals surface area contributed by atoms with E-state index in [4.69, 9.17) is 22.3 Å². The molecule has 0 radical (unpaired) electrons. The number of piperidine rings is 1. The third kappa shape index (κ3) is 3.44. The van der Waals surface area contributed by atoms with Gasteiger partial charge in [-0.2, -0.15) is 5.10 Å². The molecule has 0 bridgehead atoms. The van der Waals surface area contributed by atoms with E-state index in [-0.39, 0.29) is 11.6 Å². The zero-order chi connectivity index (χ0) is 20.7. The number of rotatable bonds is 3. The van der Waals surface area contributed by atoms with E-state index in [0.717, 1.165) is 48.2 Å². The molecule has 9 heteroatoms. The smallest absolute Gasteiger partial charge is 0.248 e. The Balaban J connectivity index is 1.56. The van der Waals surface area contributed by atoms with Crippen LogP contribution in [0.15, 0.2) is 47.7 Å². The summed E-state index contributed by atoms with van der Waals surface area (Å²) >= 11 is 6.30. The molecule has 1 fully saturated rings. The van der Waals surface area contributed by atoms with Crippen LogP contribution in [-0.2, 0) is 0 Å². The number of H-pyrrole nitrogens is 2. The van der Waals surface area contributed by atoms with Gasteiger partial charge in [-0.25, -0.2) is 4.98 Å². The number of hydrogen-bond donors (Lipinski definition) is 3. The topological polar surface area (TPSA) is 117 Å². The van der Waals surface area contributed by atoms with Gasteiger partial charge >= 0.3 is 0 Å². The van der Waals surface area contributed by atoms with Crippen LogP contribution in [0.2, 0.25) is 5.02 Å². The fourth-order valence-corrected chi connectivity index (χ4v) is 4.02. The minimum atomic E-state index is -0.207. The summed E-state index contributed by atoms with van der Waals surface area (Å²) in [6.07, 6.45) is 6.87. The predicted octanol–water partition coefficient (Wildman–Crippen LogP) is 2.96. The molecule has 3 aromatic heterocycles. The van der Waals surface area contributed by atoms with Gasteiger partial charge in [-0.15, -0.1) is 0 Å². The van der Waals surface area contributed by atoms with Crippen LogP contribution in [0.3, 0.4) is 0 Å². The highest BCUT2D eigenvalue weighted by molar-refractivity contribution is 6.33. The fraction of sp³-hybridized carbons (Fsp3) is 0.238. The number of aromatic nitrogens is 5. The van der Waals surface area contributed by atoms with Gasteiger partial charge in [-0.3, -0.25) is 14.9 Å². The van der Waals surface area contributed by atoms with Crippen LogP contribution in [0.5, 0.6) is 0 Å². The average molecular weight is 422 g/mol. The number of halogens is 1. The van der Waals surface area contributed by atoms with E-state index in [9.17, 15) is 4.79 Å². The molecule has 8 nitrogen and oxygen atoms in total. The number of nitrogens with one attached hydrogen (secondary N) is 2. The van der Waals surface area contributed by atoms with Crippen molar-refractivity contribution in [2.75, 3.05) is 18.0 Å². The Morgan fingerprint density at radius 2 is 2.00 bits per heavy atom. The lowest BCUT2D eigenvalue weighted by molar-refractivity contribution is 0.498. The highest BCUT2D eigenvalue weighted by Gasteiger charge is 2.19. The molecular formula is C21H20ClN7O. The Labute approximate surface area is 177 Å². The van der Waals surface area contributed by atoms with Crippen molar-refractivity contribution in [2.45, 2.75) is 18.9 Å². The number of hydrogen-bond acceptors (Lipinski definition) is 6. The third-order valence-electron chi connectivity index (χ3n) is 5.48.